The largest absolute Gasteiger partial charge is 0.489 e. The fourth-order valence-electron chi connectivity index (χ4n) is 1.60. The molecule has 4 nitrogen and oxygen atoms in total. The molecule has 22 heavy (non-hydrogen) atoms. The Bertz CT molecular complexity index is 704. The standard InChI is InChI=1S/C13H6F5NO3/c14-9-8(10(15)12(17)13(18)11(9)16)5-22-7-3-1-6(2-4-7)19(20)21/h1-4H,5H2. The van der Waals surface area contributed by atoms with Crippen LogP contribution in [0.5, 0.6) is 5.75 Å². The van der Waals surface area contributed by atoms with E-state index in [1.54, 1.807) is 0 Å². The number of hydrogen-bond donors (Lipinski definition) is 0. The second kappa shape index (κ2) is 5.96. The lowest BCUT2D eigenvalue weighted by Gasteiger charge is -2.10. The molecule has 2 rings (SSSR count). The number of nitrogens with zero attached hydrogens (tertiary/aromatic N) is 1. The van der Waals surface area contributed by atoms with Crippen molar-refractivity contribution in [3.05, 3.63) is 69.0 Å². The number of hydrogen-bond acceptors (Lipinski definition) is 3. The Morgan fingerprint density at radius 2 is 1.32 bits per heavy atom. The maximum Gasteiger partial charge on any atom is 0.269 e. The zero-order chi connectivity index (χ0) is 16.4. The third kappa shape index (κ3) is 2.83. The van der Waals surface area contributed by atoms with E-state index in [0.29, 0.717) is 0 Å². The molecule has 0 aromatic heterocycles. The first-order valence-electron chi connectivity index (χ1n) is 5.70. The highest BCUT2D eigenvalue weighted by atomic mass is 19.2. The third-order valence-corrected chi connectivity index (χ3v) is 2.73. The van der Waals surface area contributed by atoms with E-state index < -0.39 is 46.2 Å². The lowest BCUT2D eigenvalue weighted by molar-refractivity contribution is -0.384. The van der Waals surface area contributed by atoms with Crippen molar-refractivity contribution in [2.24, 2.45) is 0 Å². The van der Waals surface area contributed by atoms with Crippen molar-refractivity contribution < 1.29 is 31.6 Å². The summed E-state index contributed by atoms with van der Waals surface area (Å²) in [6.45, 7) is -0.927. The number of benzene rings is 2. The van der Waals surface area contributed by atoms with E-state index in [4.69, 9.17) is 4.74 Å². The van der Waals surface area contributed by atoms with Gasteiger partial charge in [-0.2, -0.15) is 0 Å². The number of nitro groups is 1. The average Bonchev–Trinajstić information content (AvgIpc) is 2.51. The summed E-state index contributed by atoms with van der Waals surface area (Å²) >= 11 is 0. The summed E-state index contributed by atoms with van der Waals surface area (Å²) in [6, 6.07) is 4.39. The molecule has 0 heterocycles. The van der Waals surface area contributed by atoms with Crippen LogP contribution in [0.4, 0.5) is 27.6 Å². The van der Waals surface area contributed by atoms with Gasteiger partial charge < -0.3 is 4.74 Å². The molecular formula is C13H6F5NO3. The van der Waals surface area contributed by atoms with E-state index in [-0.39, 0.29) is 11.4 Å². The van der Waals surface area contributed by atoms with Gasteiger partial charge in [0.15, 0.2) is 23.3 Å². The van der Waals surface area contributed by atoms with Crippen LogP contribution in [0.15, 0.2) is 24.3 Å². The van der Waals surface area contributed by atoms with Crippen molar-refractivity contribution >= 4 is 5.69 Å². The van der Waals surface area contributed by atoms with Crippen LogP contribution in [0.25, 0.3) is 0 Å². The molecule has 0 N–H and O–H groups in total. The minimum atomic E-state index is -2.26. The first kappa shape index (κ1) is 15.7. The molecule has 0 saturated heterocycles. The first-order valence-corrected chi connectivity index (χ1v) is 5.70. The van der Waals surface area contributed by atoms with Gasteiger partial charge in [-0.15, -0.1) is 0 Å². The Balaban J connectivity index is 2.23. The number of non-ortho nitro benzene ring substituents is 1. The Morgan fingerprint density at radius 3 is 1.77 bits per heavy atom. The van der Waals surface area contributed by atoms with Gasteiger partial charge in [-0.3, -0.25) is 10.1 Å². The molecule has 9 heteroatoms. The van der Waals surface area contributed by atoms with Gasteiger partial charge in [-0.1, -0.05) is 0 Å². The predicted octanol–water partition coefficient (Wildman–Crippen LogP) is 3.87. The van der Waals surface area contributed by atoms with Gasteiger partial charge in [0.1, 0.15) is 12.4 Å². The summed E-state index contributed by atoms with van der Waals surface area (Å²) in [5, 5.41) is 10.4. The Labute approximate surface area is 119 Å². The fraction of sp³-hybridized carbons (Fsp3) is 0.0769. The molecular weight excluding hydrogens is 313 g/mol. The van der Waals surface area contributed by atoms with Crippen LogP contribution < -0.4 is 4.74 Å². The third-order valence-electron chi connectivity index (χ3n) is 2.73. The minimum absolute atomic E-state index is 0.0328. The van der Waals surface area contributed by atoms with E-state index in [1.807, 2.05) is 0 Å². The van der Waals surface area contributed by atoms with Gasteiger partial charge in [0.25, 0.3) is 5.69 Å². The average molecular weight is 319 g/mol. The van der Waals surface area contributed by atoms with Crippen LogP contribution in [0.1, 0.15) is 5.56 Å². The van der Waals surface area contributed by atoms with E-state index in [2.05, 4.69) is 0 Å². The van der Waals surface area contributed by atoms with Crippen molar-refractivity contribution in [1.82, 2.24) is 0 Å². The molecule has 0 amide bonds. The smallest absolute Gasteiger partial charge is 0.269 e. The number of rotatable bonds is 4. The van der Waals surface area contributed by atoms with Crippen LogP contribution in [-0.4, -0.2) is 4.92 Å². The number of ether oxygens (including phenoxy) is 1. The topological polar surface area (TPSA) is 52.4 Å². The molecule has 116 valence electrons. The normalized spacial score (nSPS) is 10.6. The zero-order valence-electron chi connectivity index (χ0n) is 10.6. The fourth-order valence-corrected chi connectivity index (χ4v) is 1.60. The van der Waals surface area contributed by atoms with E-state index in [9.17, 15) is 32.1 Å². The second-order valence-electron chi connectivity index (χ2n) is 4.09. The second-order valence-corrected chi connectivity index (χ2v) is 4.09. The minimum Gasteiger partial charge on any atom is -0.489 e. The number of halogens is 5. The molecule has 0 fully saturated rings. The zero-order valence-corrected chi connectivity index (χ0v) is 10.6. The van der Waals surface area contributed by atoms with Crippen LogP contribution in [0.2, 0.25) is 0 Å². The predicted molar refractivity (Wildman–Crippen MR) is 63.7 cm³/mol. The molecule has 0 radical (unpaired) electrons. The summed E-state index contributed by atoms with van der Waals surface area (Å²) in [5.41, 5.74) is -1.38. The molecule has 0 unspecified atom stereocenters. The van der Waals surface area contributed by atoms with Gasteiger partial charge in [-0.25, -0.2) is 22.0 Å². The Morgan fingerprint density at radius 1 is 0.864 bits per heavy atom. The maximum atomic E-state index is 13.4. The highest BCUT2D eigenvalue weighted by Crippen LogP contribution is 2.25. The van der Waals surface area contributed by atoms with Gasteiger partial charge in [0.2, 0.25) is 5.82 Å². The molecule has 2 aromatic rings. The van der Waals surface area contributed by atoms with Crippen molar-refractivity contribution in [3.63, 3.8) is 0 Å². The van der Waals surface area contributed by atoms with Crippen molar-refractivity contribution in [2.45, 2.75) is 6.61 Å². The lowest BCUT2D eigenvalue weighted by atomic mass is 10.2. The first-order chi connectivity index (χ1) is 10.3. The molecule has 0 aliphatic carbocycles. The van der Waals surface area contributed by atoms with Gasteiger partial charge >= 0.3 is 0 Å². The van der Waals surface area contributed by atoms with Gasteiger partial charge in [0.05, 0.1) is 10.5 Å². The monoisotopic (exact) mass is 319 g/mol. The molecule has 0 atom stereocenters. The van der Waals surface area contributed by atoms with Gasteiger partial charge in [0, 0.05) is 12.1 Å². The summed E-state index contributed by atoms with van der Waals surface area (Å²) in [7, 11) is 0. The quantitative estimate of drug-likeness (QED) is 0.283. The summed E-state index contributed by atoms with van der Waals surface area (Å²) in [5.74, 6) is -10.4. The molecule has 0 bridgehead atoms. The highest BCUT2D eigenvalue weighted by molar-refractivity contribution is 5.36. The molecule has 0 aliphatic rings. The van der Waals surface area contributed by atoms with Gasteiger partial charge in [-0.05, 0) is 12.1 Å². The Kier molecular flexibility index (Phi) is 4.25. The SMILES string of the molecule is O=[N+]([O-])c1ccc(OCc2c(F)c(F)c(F)c(F)c2F)cc1. The van der Waals surface area contributed by atoms with Crippen molar-refractivity contribution in [3.8, 4) is 5.75 Å². The maximum absolute atomic E-state index is 13.4. The van der Waals surface area contributed by atoms with Crippen LogP contribution in [0, 0.1) is 39.2 Å². The van der Waals surface area contributed by atoms with Crippen LogP contribution >= 0.6 is 0 Å². The molecule has 2 aromatic carbocycles. The lowest BCUT2D eigenvalue weighted by Crippen LogP contribution is -2.09. The number of nitro benzene ring substituents is 1. The van der Waals surface area contributed by atoms with Crippen molar-refractivity contribution in [1.29, 1.82) is 0 Å². The molecule has 0 spiro atoms. The van der Waals surface area contributed by atoms with E-state index in [0.717, 1.165) is 24.3 Å². The van der Waals surface area contributed by atoms with Crippen LogP contribution in [-0.2, 0) is 6.61 Å². The summed E-state index contributed by atoms with van der Waals surface area (Å²) in [4.78, 5) is 9.76. The molecule has 0 aliphatic heterocycles. The van der Waals surface area contributed by atoms with Crippen LogP contribution in [0.3, 0.4) is 0 Å². The molecule has 0 saturated carbocycles. The van der Waals surface area contributed by atoms with E-state index >= 15 is 0 Å². The Hall–Kier alpha value is -2.71. The summed E-state index contributed by atoms with van der Waals surface area (Å²) < 4.78 is 70.5. The van der Waals surface area contributed by atoms with Crippen molar-refractivity contribution in [2.75, 3.05) is 0 Å². The summed E-state index contributed by atoms with van der Waals surface area (Å²) in [6.07, 6.45) is 0. The highest BCUT2D eigenvalue weighted by Gasteiger charge is 2.25. The van der Waals surface area contributed by atoms with E-state index in [1.165, 1.54) is 0 Å².